The summed E-state index contributed by atoms with van der Waals surface area (Å²) < 4.78 is 16.3. The molecule has 2 aromatic carbocycles. The normalized spacial score (nSPS) is 16.0. The molecule has 0 amide bonds. The molecule has 1 aliphatic heterocycles. The van der Waals surface area contributed by atoms with E-state index in [0.29, 0.717) is 43.3 Å². The molecule has 9 heteroatoms. The summed E-state index contributed by atoms with van der Waals surface area (Å²) in [7, 11) is 0. The molecule has 0 unspecified atom stereocenters. The van der Waals surface area contributed by atoms with Gasteiger partial charge in [-0.1, -0.05) is 30.7 Å². The third-order valence-corrected chi connectivity index (χ3v) is 7.37. The Bertz CT molecular complexity index is 1440. The zero-order valence-corrected chi connectivity index (χ0v) is 21.2. The molecule has 5 rings (SSSR count). The van der Waals surface area contributed by atoms with Gasteiger partial charge in [-0.05, 0) is 73.3 Å². The fourth-order valence-corrected chi connectivity index (χ4v) is 4.92. The molecule has 4 aromatic rings. The van der Waals surface area contributed by atoms with Crippen LogP contribution in [-0.2, 0) is 5.54 Å². The number of halogens is 1. The number of anilines is 1. The van der Waals surface area contributed by atoms with Crippen LogP contribution in [0.3, 0.4) is 0 Å². The van der Waals surface area contributed by atoms with Gasteiger partial charge >= 0.3 is 0 Å². The lowest BCUT2D eigenvalue weighted by Crippen LogP contribution is -2.49. The van der Waals surface area contributed by atoms with E-state index < -0.39 is 6.04 Å². The van der Waals surface area contributed by atoms with Crippen molar-refractivity contribution in [2.45, 2.75) is 45.7 Å². The van der Waals surface area contributed by atoms with Crippen LogP contribution in [0.25, 0.3) is 10.9 Å². The van der Waals surface area contributed by atoms with E-state index in [4.69, 9.17) is 0 Å². The molecule has 0 saturated carbocycles. The highest BCUT2D eigenvalue weighted by Gasteiger charge is 2.36. The number of hydrogen-bond acceptors (Lipinski definition) is 6. The van der Waals surface area contributed by atoms with Crippen LogP contribution in [0, 0.1) is 12.7 Å². The average molecular weight is 490 g/mol. The predicted molar refractivity (Wildman–Crippen MR) is 139 cm³/mol. The van der Waals surface area contributed by atoms with Crippen molar-refractivity contribution in [3.63, 3.8) is 0 Å². The number of pyridine rings is 1. The second-order valence-corrected chi connectivity index (χ2v) is 10.1. The van der Waals surface area contributed by atoms with Gasteiger partial charge in [-0.2, -0.15) is 0 Å². The van der Waals surface area contributed by atoms with Crippen molar-refractivity contribution in [3.8, 4) is 0 Å². The number of nitrogens with zero attached hydrogens (tertiary/aromatic N) is 6. The first kappa shape index (κ1) is 24.1. The van der Waals surface area contributed by atoms with E-state index in [-0.39, 0.29) is 16.9 Å². The van der Waals surface area contributed by atoms with Crippen LogP contribution in [0.4, 0.5) is 10.1 Å². The second-order valence-electron chi connectivity index (χ2n) is 10.1. The van der Waals surface area contributed by atoms with Crippen LogP contribution in [0.5, 0.6) is 0 Å². The van der Waals surface area contributed by atoms with Gasteiger partial charge in [-0.3, -0.25) is 9.69 Å². The first-order valence-electron chi connectivity index (χ1n) is 12.4. The van der Waals surface area contributed by atoms with Crippen molar-refractivity contribution in [3.05, 3.63) is 81.7 Å². The summed E-state index contributed by atoms with van der Waals surface area (Å²) in [5.41, 5.74) is 2.64. The zero-order valence-electron chi connectivity index (χ0n) is 21.2. The number of benzene rings is 2. The lowest BCUT2D eigenvalue weighted by atomic mass is 9.98. The number of aromatic nitrogens is 5. The summed E-state index contributed by atoms with van der Waals surface area (Å²) in [5, 5.41) is 13.8. The standard InChI is InChI=1S/C27H32FN7O/c1-5-27(3,4)35-25(30-31-32-35)24(20-17-19-16-18(2)10-11-22(19)29-26(20)36)34-14-12-33(13-15-34)23-9-7-6-8-21(23)28/h6-11,16-17,24H,5,12-15H2,1-4H3,(H,29,36)/t24-/m0/s1. The average Bonchev–Trinajstić information content (AvgIpc) is 3.36. The second kappa shape index (κ2) is 9.46. The lowest BCUT2D eigenvalue weighted by molar-refractivity contribution is 0.186. The van der Waals surface area contributed by atoms with E-state index >= 15 is 0 Å². The van der Waals surface area contributed by atoms with E-state index in [0.717, 1.165) is 22.9 Å². The molecule has 0 bridgehead atoms. The van der Waals surface area contributed by atoms with Gasteiger partial charge in [0.15, 0.2) is 5.82 Å². The Hall–Kier alpha value is -3.59. The Morgan fingerprint density at radius 2 is 1.83 bits per heavy atom. The number of aryl methyl sites for hydroxylation is 1. The molecule has 1 fully saturated rings. The molecular weight excluding hydrogens is 457 g/mol. The number of tetrazole rings is 1. The fourth-order valence-electron chi connectivity index (χ4n) is 4.92. The number of aromatic amines is 1. The monoisotopic (exact) mass is 489 g/mol. The number of fused-ring (bicyclic) bond motifs is 1. The molecule has 188 valence electrons. The predicted octanol–water partition coefficient (Wildman–Crippen LogP) is 4.02. The van der Waals surface area contributed by atoms with Gasteiger partial charge in [0.05, 0.1) is 11.2 Å². The summed E-state index contributed by atoms with van der Waals surface area (Å²) in [6, 6.07) is 14.4. The van der Waals surface area contributed by atoms with Gasteiger partial charge in [0, 0.05) is 37.3 Å². The number of hydrogen-bond donors (Lipinski definition) is 1. The van der Waals surface area contributed by atoms with Crippen molar-refractivity contribution >= 4 is 16.6 Å². The van der Waals surface area contributed by atoms with Crippen molar-refractivity contribution in [2.75, 3.05) is 31.1 Å². The molecule has 1 saturated heterocycles. The molecular formula is C27H32FN7O. The van der Waals surface area contributed by atoms with Crippen molar-refractivity contribution in [2.24, 2.45) is 0 Å². The summed E-state index contributed by atoms with van der Waals surface area (Å²) in [6.07, 6.45) is 0.825. The highest BCUT2D eigenvalue weighted by molar-refractivity contribution is 5.79. The summed E-state index contributed by atoms with van der Waals surface area (Å²) in [6.45, 7) is 10.8. The van der Waals surface area contributed by atoms with Crippen LogP contribution in [0.2, 0.25) is 0 Å². The molecule has 1 atom stereocenters. The third-order valence-electron chi connectivity index (χ3n) is 7.37. The molecule has 8 nitrogen and oxygen atoms in total. The van der Waals surface area contributed by atoms with Crippen LogP contribution < -0.4 is 10.5 Å². The van der Waals surface area contributed by atoms with Crippen molar-refractivity contribution in [1.29, 1.82) is 0 Å². The molecule has 1 N–H and O–H groups in total. The number of H-pyrrole nitrogens is 1. The van der Waals surface area contributed by atoms with Gasteiger partial charge in [0.25, 0.3) is 5.56 Å². The van der Waals surface area contributed by atoms with E-state index in [1.165, 1.54) is 6.07 Å². The Balaban J connectivity index is 1.58. The minimum Gasteiger partial charge on any atom is -0.367 e. The SMILES string of the molecule is CCC(C)(C)n1nnnc1[C@H](c1cc2cc(C)ccc2[nH]c1=O)N1CCN(c2ccccc2F)CC1. The highest BCUT2D eigenvalue weighted by atomic mass is 19.1. The van der Waals surface area contributed by atoms with Gasteiger partial charge in [-0.15, -0.1) is 5.10 Å². The molecule has 3 heterocycles. The lowest BCUT2D eigenvalue weighted by Gasteiger charge is -2.40. The maximum atomic E-state index is 14.4. The minimum atomic E-state index is -0.442. The Kier molecular flexibility index (Phi) is 6.34. The van der Waals surface area contributed by atoms with Crippen LogP contribution in [0.15, 0.2) is 53.3 Å². The highest BCUT2D eigenvalue weighted by Crippen LogP contribution is 2.32. The van der Waals surface area contributed by atoms with Crippen molar-refractivity contribution in [1.82, 2.24) is 30.1 Å². The van der Waals surface area contributed by atoms with Crippen LogP contribution in [-0.4, -0.2) is 56.3 Å². The summed E-state index contributed by atoms with van der Waals surface area (Å²) >= 11 is 0. The minimum absolute atomic E-state index is 0.156. The maximum absolute atomic E-state index is 14.4. The molecule has 36 heavy (non-hydrogen) atoms. The number of piperazine rings is 1. The van der Waals surface area contributed by atoms with Gasteiger partial charge in [-0.25, -0.2) is 9.07 Å². The molecule has 2 aromatic heterocycles. The zero-order chi connectivity index (χ0) is 25.4. The molecule has 1 aliphatic rings. The van der Waals surface area contributed by atoms with Gasteiger partial charge in [0.1, 0.15) is 11.9 Å². The molecule has 0 radical (unpaired) electrons. The first-order chi connectivity index (χ1) is 17.3. The molecule has 0 spiro atoms. The van der Waals surface area contributed by atoms with Crippen molar-refractivity contribution < 1.29 is 4.39 Å². The Morgan fingerprint density at radius 3 is 2.56 bits per heavy atom. The quantitative estimate of drug-likeness (QED) is 0.441. The van der Waals surface area contributed by atoms with Crippen LogP contribution in [0.1, 0.15) is 50.2 Å². The number of rotatable bonds is 6. The number of nitrogens with one attached hydrogen (secondary N) is 1. The Labute approximate surface area is 209 Å². The van der Waals surface area contributed by atoms with Gasteiger partial charge in [0.2, 0.25) is 0 Å². The maximum Gasteiger partial charge on any atom is 0.253 e. The first-order valence-corrected chi connectivity index (χ1v) is 12.4. The number of para-hydroxylation sites is 1. The van der Waals surface area contributed by atoms with Gasteiger partial charge < -0.3 is 9.88 Å². The van der Waals surface area contributed by atoms with E-state index in [1.807, 2.05) is 41.9 Å². The smallest absolute Gasteiger partial charge is 0.253 e. The summed E-state index contributed by atoms with van der Waals surface area (Å²) in [4.78, 5) is 20.8. The van der Waals surface area contributed by atoms with E-state index in [2.05, 4.69) is 57.1 Å². The largest absolute Gasteiger partial charge is 0.367 e. The molecule has 0 aliphatic carbocycles. The van der Waals surface area contributed by atoms with E-state index in [9.17, 15) is 9.18 Å². The Morgan fingerprint density at radius 1 is 1.08 bits per heavy atom. The van der Waals surface area contributed by atoms with Crippen LogP contribution >= 0.6 is 0 Å². The third kappa shape index (κ3) is 4.39. The fraction of sp³-hybridized carbons (Fsp3) is 0.407. The van der Waals surface area contributed by atoms with E-state index in [1.54, 1.807) is 6.07 Å². The summed E-state index contributed by atoms with van der Waals surface area (Å²) in [5.74, 6) is 0.413. The topological polar surface area (TPSA) is 82.9 Å².